The Morgan fingerprint density at radius 2 is 1.63 bits per heavy atom. The average Bonchev–Trinajstić information content (AvgIpc) is 3.16. The van der Waals surface area contributed by atoms with Crippen LogP contribution >= 0.6 is 20.3 Å². The summed E-state index contributed by atoms with van der Waals surface area (Å²) in [6.07, 6.45) is 8.76. The number of phenolic OH excluding ortho intramolecular Hbond substituents is 1. The van der Waals surface area contributed by atoms with Crippen molar-refractivity contribution in [3.63, 3.8) is 0 Å². The summed E-state index contributed by atoms with van der Waals surface area (Å²) in [5, 5.41) is 24.9. The first kappa shape index (κ1) is 34.9. The minimum atomic E-state index is -0.263. The molecule has 3 nitrogen and oxygen atoms in total. The van der Waals surface area contributed by atoms with Crippen LogP contribution in [0.15, 0.2) is 119 Å². The van der Waals surface area contributed by atoms with Gasteiger partial charge in [0.15, 0.2) is 0 Å². The quantitative estimate of drug-likeness (QED) is 0.0609. The number of aromatic hydroxyl groups is 1. The van der Waals surface area contributed by atoms with Gasteiger partial charge >= 0.3 is 0 Å². The molecular weight excluding hydrogens is 667 g/mol. The van der Waals surface area contributed by atoms with Crippen LogP contribution in [-0.2, 0) is 19.0 Å². The molecule has 0 saturated heterocycles. The first-order chi connectivity index (χ1) is 24.9. The molecule has 0 bridgehead atoms. The largest absolute Gasteiger partial charge is 0.507 e. The number of hydrogen-bond acceptors (Lipinski definition) is 4. The molecule has 0 aromatic heterocycles. The molecule has 6 aromatic rings. The molecule has 51 heavy (non-hydrogen) atoms. The van der Waals surface area contributed by atoms with Crippen molar-refractivity contribution in [3.05, 3.63) is 143 Å². The maximum atomic E-state index is 14.0. The van der Waals surface area contributed by atoms with E-state index in [1.165, 1.54) is 62.2 Å². The van der Waals surface area contributed by atoms with E-state index in [1.54, 1.807) is 6.21 Å². The third kappa shape index (κ3) is 7.56. The second-order valence-electron chi connectivity index (χ2n) is 13.2. The number of aryl methyl sites for hydroxylation is 2. The molecule has 1 aliphatic rings. The van der Waals surface area contributed by atoms with Crippen molar-refractivity contribution in [2.75, 3.05) is 0 Å². The summed E-state index contributed by atoms with van der Waals surface area (Å²) in [5.74, 6) is 0.0354. The molecule has 1 aliphatic heterocycles. The molecule has 0 radical (unpaired) electrons. The molecule has 1 unspecified atom stereocenters. The lowest BCUT2D eigenvalue weighted by Crippen LogP contribution is -2.10. The van der Waals surface area contributed by atoms with Crippen LogP contribution in [-0.4, -0.2) is 16.4 Å². The van der Waals surface area contributed by atoms with Crippen LogP contribution in [0.4, 0.5) is 10.1 Å². The van der Waals surface area contributed by atoms with E-state index in [4.69, 9.17) is 4.99 Å². The molecule has 256 valence electrons. The monoisotopic (exact) mass is 708 g/mol. The highest BCUT2D eigenvalue weighted by Gasteiger charge is 2.24. The normalized spacial score (nSPS) is 12.8. The molecule has 6 heteroatoms. The Morgan fingerprint density at radius 3 is 2.45 bits per heavy atom. The molecule has 0 spiro atoms. The summed E-state index contributed by atoms with van der Waals surface area (Å²) >= 11 is 1.46. The SMILES string of the molecule is CCCCc1cc(/C=N/c2ccccc2C(=N)Sc2cc(-c3ccc(F)cc3)cc3c2CPc2ccc4ccccc4c2-3)c(O)c(CCCC)c1. The molecule has 0 fully saturated rings. The van der Waals surface area contributed by atoms with Gasteiger partial charge in [-0.3, -0.25) is 10.4 Å². The molecule has 0 amide bonds. The number of halogens is 1. The van der Waals surface area contributed by atoms with Gasteiger partial charge in [0.05, 0.1) is 5.69 Å². The number of unbranched alkanes of at least 4 members (excludes halogenated alkanes) is 2. The summed E-state index contributed by atoms with van der Waals surface area (Å²) in [5.41, 5.74) is 9.95. The standard InChI is InChI=1S/C45H42FN2OPS/c1-3-5-11-29-23-32(12-6-4-2)44(49)34(24-29)27-48-40-16-10-9-15-37(40)45(47)51-42-26-33(30-17-20-35(46)21-18-30)25-38-39(42)28-50-41-22-19-31-13-7-8-14-36(31)43(38)41/h7-10,13-27,47,49-50H,3-6,11-12,28H2,1-2H3/b47-45?,48-27+. The Hall–Kier alpha value is -4.57. The van der Waals surface area contributed by atoms with Gasteiger partial charge in [0.1, 0.15) is 16.6 Å². The van der Waals surface area contributed by atoms with Gasteiger partial charge in [-0.2, -0.15) is 0 Å². The molecule has 7 rings (SSSR count). The highest BCUT2D eigenvalue weighted by molar-refractivity contribution is 8.14. The highest BCUT2D eigenvalue weighted by Crippen LogP contribution is 2.46. The van der Waals surface area contributed by atoms with Gasteiger partial charge in [0.25, 0.3) is 0 Å². The smallest absolute Gasteiger partial charge is 0.127 e. The van der Waals surface area contributed by atoms with Gasteiger partial charge in [-0.1, -0.05) is 120 Å². The van der Waals surface area contributed by atoms with Crippen LogP contribution in [0.5, 0.6) is 5.75 Å². The zero-order chi connectivity index (χ0) is 35.3. The third-order valence-electron chi connectivity index (χ3n) is 9.64. The maximum Gasteiger partial charge on any atom is 0.127 e. The average molecular weight is 709 g/mol. The van der Waals surface area contributed by atoms with Crippen LogP contribution in [0.1, 0.15) is 67.3 Å². The van der Waals surface area contributed by atoms with Crippen molar-refractivity contribution < 1.29 is 9.50 Å². The first-order valence-corrected chi connectivity index (χ1v) is 19.9. The molecular formula is C45H42FN2OPS. The molecule has 1 heterocycles. The summed E-state index contributed by atoms with van der Waals surface area (Å²) in [4.78, 5) is 5.93. The van der Waals surface area contributed by atoms with E-state index in [0.29, 0.717) is 25.1 Å². The van der Waals surface area contributed by atoms with Crippen LogP contribution in [0.3, 0.4) is 0 Å². The van der Waals surface area contributed by atoms with E-state index in [2.05, 4.69) is 74.5 Å². The zero-order valence-electron chi connectivity index (χ0n) is 29.1. The van der Waals surface area contributed by atoms with Crippen molar-refractivity contribution in [3.8, 4) is 28.0 Å². The number of benzene rings is 6. The molecule has 0 saturated carbocycles. The Balaban J connectivity index is 1.27. The number of thioether (sulfide) groups is 1. The lowest BCUT2D eigenvalue weighted by Gasteiger charge is -2.25. The van der Waals surface area contributed by atoms with E-state index < -0.39 is 0 Å². The summed E-state index contributed by atoms with van der Waals surface area (Å²) in [6.45, 7) is 4.36. The third-order valence-corrected chi connectivity index (χ3v) is 12.0. The van der Waals surface area contributed by atoms with Gasteiger partial charge < -0.3 is 5.11 Å². The fourth-order valence-electron chi connectivity index (χ4n) is 6.89. The Morgan fingerprint density at radius 1 is 0.863 bits per heavy atom. The van der Waals surface area contributed by atoms with Gasteiger partial charge in [0, 0.05) is 22.2 Å². The van der Waals surface area contributed by atoms with Crippen LogP contribution < -0.4 is 5.30 Å². The summed E-state index contributed by atoms with van der Waals surface area (Å²) in [7, 11) is 0.621. The number of phenols is 1. The van der Waals surface area contributed by atoms with Crippen molar-refractivity contribution in [2.24, 2.45) is 4.99 Å². The van der Waals surface area contributed by atoms with E-state index in [9.17, 15) is 14.9 Å². The summed E-state index contributed by atoms with van der Waals surface area (Å²) in [6, 6.07) is 36.1. The number of rotatable bonds is 11. The number of fused-ring (bicyclic) bond motifs is 5. The Bertz CT molecular complexity index is 2260. The van der Waals surface area contributed by atoms with Crippen molar-refractivity contribution in [1.29, 1.82) is 5.41 Å². The Kier molecular flexibility index (Phi) is 10.8. The van der Waals surface area contributed by atoms with E-state index >= 15 is 0 Å². The molecule has 2 N–H and O–H groups in total. The second kappa shape index (κ2) is 15.8. The van der Waals surface area contributed by atoms with Crippen LogP contribution in [0.2, 0.25) is 0 Å². The van der Waals surface area contributed by atoms with Gasteiger partial charge in [-0.25, -0.2) is 4.39 Å². The number of nitrogens with one attached hydrogen (secondary N) is 1. The van der Waals surface area contributed by atoms with Crippen molar-refractivity contribution >= 4 is 53.4 Å². The van der Waals surface area contributed by atoms with Crippen LogP contribution in [0, 0.1) is 11.2 Å². The second-order valence-corrected chi connectivity index (χ2v) is 15.5. The minimum Gasteiger partial charge on any atom is -0.507 e. The van der Waals surface area contributed by atoms with Gasteiger partial charge in [-0.05, 0) is 123 Å². The molecule has 6 aromatic carbocycles. The minimum absolute atomic E-state index is 0.263. The van der Waals surface area contributed by atoms with Crippen molar-refractivity contribution in [2.45, 2.75) is 63.4 Å². The maximum absolute atomic E-state index is 14.0. The fraction of sp³-hybridized carbons (Fsp3) is 0.200. The lowest BCUT2D eigenvalue weighted by molar-refractivity contribution is 0.465. The Labute approximate surface area is 306 Å². The number of aliphatic imine (C=N–C) groups is 1. The highest BCUT2D eigenvalue weighted by atomic mass is 32.2. The van der Waals surface area contributed by atoms with Crippen molar-refractivity contribution in [1.82, 2.24) is 0 Å². The van der Waals surface area contributed by atoms with Gasteiger partial charge in [-0.15, -0.1) is 0 Å². The lowest BCUT2D eigenvalue weighted by atomic mass is 9.91. The van der Waals surface area contributed by atoms with E-state index in [-0.39, 0.29) is 5.82 Å². The topological polar surface area (TPSA) is 56.4 Å². The molecule has 1 atom stereocenters. The van der Waals surface area contributed by atoms with E-state index in [0.717, 1.165) is 77.4 Å². The van der Waals surface area contributed by atoms with Gasteiger partial charge in [0.2, 0.25) is 0 Å². The zero-order valence-corrected chi connectivity index (χ0v) is 30.9. The fourth-order valence-corrected chi connectivity index (χ4v) is 9.41. The summed E-state index contributed by atoms with van der Waals surface area (Å²) < 4.78 is 14.0. The number of nitrogens with zero attached hydrogens (tertiary/aromatic N) is 1. The van der Waals surface area contributed by atoms with E-state index in [1.807, 2.05) is 36.4 Å². The molecule has 0 aliphatic carbocycles. The number of para-hydroxylation sites is 1. The predicted octanol–water partition coefficient (Wildman–Crippen LogP) is 12.4. The number of hydrogen-bond donors (Lipinski definition) is 2. The first-order valence-electron chi connectivity index (χ1n) is 17.9. The predicted molar refractivity (Wildman–Crippen MR) is 218 cm³/mol. The van der Waals surface area contributed by atoms with Crippen LogP contribution in [0.25, 0.3) is 33.0 Å².